The highest BCUT2D eigenvalue weighted by atomic mass is 16.3. The van der Waals surface area contributed by atoms with Crippen molar-refractivity contribution < 1.29 is 39.0 Å². The van der Waals surface area contributed by atoms with E-state index in [2.05, 4.69) is 25.9 Å². The number of phenols is 1. The maximum atomic E-state index is 14.0. The van der Waals surface area contributed by atoms with E-state index in [1.54, 1.807) is 12.1 Å². The van der Waals surface area contributed by atoms with Gasteiger partial charge in [-0.2, -0.15) is 0 Å². The first kappa shape index (κ1) is 44.4. The molecule has 0 fully saturated rings. The third kappa shape index (κ3) is 16.4. The fourth-order valence-electron chi connectivity index (χ4n) is 4.86. The van der Waals surface area contributed by atoms with Crippen LogP contribution in [0.5, 0.6) is 5.75 Å². The molecule has 0 aromatic heterocycles. The Kier molecular flexibility index (Phi) is 19.0. The van der Waals surface area contributed by atoms with Crippen LogP contribution in [0, 0.1) is 5.92 Å². The van der Waals surface area contributed by atoms with Gasteiger partial charge in [0.15, 0.2) is 11.9 Å². The van der Waals surface area contributed by atoms with Crippen molar-refractivity contribution in [2.24, 2.45) is 50.3 Å². The Labute approximate surface area is 302 Å². The van der Waals surface area contributed by atoms with Gasteiger partial charge in [0, 0.05) is 33.0 Å². The van der Waals surface area contributed by atoms with Gasteiger partial charge in [0.25, 0.3) is 0 Å². The van der Waals surface area contributed by atoms with Crippen molar-refractivity contribution in [1.29, 1.82) is 0 Å². The molecule has 20 heteroatoms. The minimum absolute atomic E-state index is 0.00340. The van der Waals surface area contributed by atoms with E-state index in [9.17, 15) is 39.0 Å². The molecule has 0 bridgehead atoms. The van der Waals surface area contributed by atoms with Crippen LogP contribution in [0.15, 0.2) is 34.3 Å². The number of aliphatic hydroxyl groups excluding tert-OH is 1. The number of nitrogens with zero attached hydrogens (tertiary/aromatic N) is 3. The van der Waals surface area contributed by atoms with E-state index in [1.807, 2.05) is 0 Å². The number of carbonyl (C=O) groups is 6. The molecule has 0 heterocycles. The van der Waals surface area contributed by atoms with Crippen molar-refractivity contribution in [2.75, 3.05) is 20.1 Å². The number of aromatic hydroxyl groups is 1. The highest BCUT2D eigenvalue weighted by molar-refractivity contribution is 5.95. The predicted octanol–water partition coefficient (Wildman–Crippen LogP) is -3.91. The minimum Gasteiger partial charge on any atom is -0.508 e. The summed E-state index contributed by atoms with van der Waals surface area (Å²) in [6.45, 7) is 3.09. The van der Waals surface area contributed by atoms with Crippen molar-refractivity contribution in [3.63, 3.8) is 0 Å². The first-order chi connectivity index (χ1) is 24.3. The summed E-state index contributed by atoms with van der Waals surface area (Å²) in [7, 11) is 1.30. The number of aliphatic hydroxyl groups is 1. The van der Waals surface area contributed by atoms with Crippen molar-refractivity contribution in [3.05, 3.63) is 29.8 Å². The second kappa shape index (κ2) is 22.2. The van der Waals surface area contributed by atoms with Crippen molar-refractivity contribution in [2.45, 2.75) is 89.1 Å². The quantitative estimate of drug-likeness (QED) is 0.0292. The zero-order valence-corrected chi connectivity index (χ0v) is 29.8. The molecule has 1 rings (SSSR count). The first-order valence-electron chi connectivity index (χ1n) is 16.7. The fraction of sp³-hybridized carbons (Fsp3) is 0.562. The summed E-state index contributed by atoms with van der Waals surface area (Å²) in [6, 6.07) is 0.822. The van der Waals surface area contributed by atoms with Gasteiger partial charge in [-0.25, -0.2) is 0 Å². The third-order valence-electron chi connectivity index (χ3n) is 8.09. The van der Waals surface area contributed by atoms with Crippen molar-refractivity contribution in [3.8, 4) is 5.75 Å². The van der Waals surface area contributed by atoms with Gasteiger partial charge in [-0.15, -0.1) is 0 Å². The van der Waals surface area contributed by atoms with Gasteiger partial charge < -0.3 is 65.5 Å². The molecule has 20 nitrogen and oxygen atoms in total. The van der Waals surface area contributed by atoms with Crippen molar-refractivity contribution >= 4 is 47.4 Å². The molecule has 1 aromatic carbocycles. The molecule has 0 saturated carbocycles. The Balaban J connectivity index is 3.40. The number of primary amides is 2. The number of hydrogen-bond donors (Lipinski definition) is 11. The van der Waals surface area contributed by atoms with E-state index < -0.39 is 71.6 Å². The van der Waals surface area contributed by atoms with Crippen LogP contribution < -0.4 is 50.4 Å². The number of benzene rings is 1. The number of rotatable bonds is 23. The number of nitrogens with two attached hydrogens (primary N) is 6. The summed E-state index contributed by atoms with van der Waals surface area (Å²) in [6.07, 6.45) is -1.20. The Morgan fingerprint density at radius 1 is 0.731 bits per heavy atom. The van der Waals surface area contributed by atoms with E-state index in [0.29, 0.717) is 5.56 Å². The number of amides is 6. The van der Waals surface area contributed by atoms with Crippen LogP contribution in [0.2, 0.25) is 0 Å². The van der Waals surface area contributed by atoms with E-state index in [1.165, 1.54) is 33.0 Å². The maximum absolute atomic E-state index is 14.0. The summed E-state index contributed by atoms with van der Waals surface area (Å²) >= 11 is 0. The molecule has 1 aromatic rings. The van der Waals surface area contributed by atoms with E-state index in [-0.39, 0.29) is 75.7 Å². The van der Waals surface area contributed by atoms with Gasteiger partial charge >= 0.3 is 0 Å². The molecule has 0 aliphatic carbocycles. The fourth-order valence-corrected chi connectivity index (χ4v) is 4.86. The van der Waals surface area contributed by atoms with Crippen LogP contribution in [-0.2, 0) is 35.2 Å². The standard InChI is InChI=1S/C32H54N12O8/c1-17(18(2)45)27(49)41-21(6-4-14-39-31(35)36)28(50)42-22(12-13-25(33)47)30(52)44(3)24(7-5-15-40-32(37)38)29(51)43-23(26(34)48)16-19-8-10-20(46)11-9-19/h8-11,17-18,21-24,45-46H,4-7,12-16H2,1-3H3,(H2,33,47)(H2,34,48)(H,41,49)(H,42,50)(H,43,51)(H4,35,36,39)(H4,37,38,40)/t17-,18+,21-,22-,23-,24-/m0/s1. The number of phenolic OH excluding ortho intramolecular Hbond substituents is 1. The molecule has 0 aliphatic rings. The van der Waals surface area contributed by atoms with E-state index in [4.69, 9.17) is 34.4 Å². The average Bonchev–Trinajstić information content (AvgIpc) is 3.06. The minimum atomic E-state index is -1.41. The summed E-state index contributed by atoms with van der Waals surface area (Å²) < 4.78 is 0. The lowest BCUT2D eigenvalue weighted by Crippen LogP contribution is -2.59. The summed E-state index contributed by atoms with van der Waals surface area (Å²) in [5.74, 6) is -5.89. The number of hydrogen-bond acceptors (Lipinski definition) is 10. The zero-order valence-electron chi connectivity index (χ0n) is 29.8. The molecular weight excluding hydrogens is 680 g/mol. The zero-order chi connectivity index (χ0) is 39.5. The Morgan fingerprint density at radius 3 is 1.75 bits per heavy atom. The van der Waals surface area contributed by atoms with Gasteiger partial charge in [0.05, 0.1) is 12.0 Å². The number of aliphatic imine (C=N–C) groups is 2. The van der Waals surface area contributed by atoms with Crippen LogP contribution in [-0.4, -0.2) is 113 Å². The molecule has 0 spiro atoms. The lowest BCUT2D eigenvalue weighted by Gasteiger charge is -2.32. The molecule has 0 radical (unpaired) electrons. The van der Waals surface area contributed by atoms with Crippen LogP contribution in [0.25, 0.3) is 0 Å². The van der Waals surface area contributed by atoms with Gasteiger partial charge in [0.2, 0.25) is 35.4 Å². The molecule has 52 heavy (non-hydrogen) atoms. The van der Waals surface area contributed by atoms with E-state index in [0.717, 1.165) is 4.90 Å². The Hall–Kier alpha value is -5.66. The topological polar surface area (TPSA) is 363 Å². The number of nitrogens with one attached hydrogen (secondary N) is 3. The highest BCUT2D eigenvalue weighted by Gasteiger charge is 2.35. The lowest BCUT2D eigenvalue weighted by atomic mass is 10.0. The van der Waals surface area contributed by atoms with Gasteiger partial charge in [-0.05, 0) is 56.7 Å². The van der Waals surface area contributed by atoms with Crippen LogP contribution in [0.1, 0.15) is 57.9 Å². The second-order valence-electron chi connectivity index (χ2n) is 12.4. The Bertz CT molecular complexity index is 1430. The molecule has 6 atom stereocenters. The molecule has 6 amide bonds. The van der Waals surface area contributed by atoms with Crippen LogP contribution in [0.3, 0.4) is 0 Å². The van der Waals surface area contributed by atoms with Crippen LogP contribution in [0.4, 0.5) is 0 Å². The van der Waals surface area contributed by atoms with Crippen molar-refractivity contribution in [1.82, 2.24) is 20.9 Å². The number of carbonyl (C=O) groups excluding carboxylic acids is 6. The first-order valence-corrected chi connectivity index (χ1v) is 16.7. The maximum Gasteiger partial charge on any atom is 0.245 e. The highest BCUT2D eigenvalue weighted by Crippen LogP contribution is 2.15. The third-order valence-corrected chi connectivity index (χ3v) is 8.09. The molecular formula is C32H54N12O8. The molecule has 0 aliphatic heterocycles. The molecule has 17 N–H and O–H groups in total. The summed E-state index contributed by atoms with van der Waals surface area (Å²) in [5, 5.41) is 27.2. The summed E-state index contributed by atoms with van der Waals surface area (Å²) in [4.78, 5) is 87.2. The monoisotopic (exact) mass is 734 g/mol. The predicted molar refractivity (Wildman–Crippen MR) is 192 cm³/mol. The van der Waals surface area contributed by atoms with Crippen LogP contribution >= 0.6 is 0 Å². The molecule has 290 valence electrons. The normalized spacial score (nSPS) is 14.2. The van der Waals surface area contributed by atoms with E-state index >= 15 is 0 Å². The Morgan fingerprint density at radius 2 is 1.25 bits per heavy atom. The molecule has 0 saturated heterocycles. The van der Waals surface area contributed by atoms with Gasteiger partial charge in [-0.1, -0.05) is 19.1 Å². The van der Waals surface area contributed by atoms with Gasteiger partial charge in [-0.3, -0.25) is 38.8 Å². The largest absolute Gasteiger partial charge is 0.508 e. The SMILES string of the molecule is C[C@H](C(=O)N[C@@H](CCCN=C(N)N)C(=O)N[C@@H](CCC(N)=O)C(=O)N(C)[C@@H](CCCN=C(N)N)C(=O)N[C@@H](Cc1ccc(O)cc1)C(N)=O)[C@@H](C)O. The average molecular weight is 735 g/mol. The summed E-state index contributed by atoms with van der Waals surface area (Å²) in [5.41, 5.74) is 33.1. The smallest absolute Gasteiger partial charge is 0.245 e. The number of guanidine groups is 2. The number of likely N-dealkylation sites (N-methyl/N-ethyl adjacent to an activating group) is 1. The molecule has 0 unspecified atom stereocenters. The second-order valence-corrected chi connectivity index (χ2v) is 12.4. The van der Waals surface area contributed by atoms with Gasteiger partial charge in [0.1, 0.15) is 29.9 Å². The lowest BCUT2D eigenvalue weighted by molar-refractivity contribution is -0.143.